The van der Waals surface area contributed by atoms with Crippen LogP contribution in [0.5, 0.6) is 0 Å². The van der Waals surface area contributed by atoms with Crippen LogP contribution in [0.4, 0.5) is 4.79 Å². The van der Waals surface area contributed by atoms with Gasteiger partial charge in [-0.3, -0.25) is 4.79 Å². The third-order valence-corrected chi connectivity index (χ3v) is 3.81. The summed E-state index contributed by atoms with van der Waals surface area (Å²) in [5.41, 5.74) is 1.26. The topological polar surface area (TPSA) is 69.6 Å². The van der Waals surface area contributed by atoms with Crippen LogP contribution in [0.15, 0.2) is 11.4 Å². The summed E-state index contributed by atoms with van der Waals surface area (Å²) < 4.78 is 0. The number of nitrogens with one attached hydrogen (secondary N) is 1. The third-order valence-electron chi connectivity index (χ3n) is 2.85. The zero-order valence-corrected chi connectivity index (χ0v) is 12.1. The van der Waals surface area contributed by atoms with Crippen molar-refractivity contribution in [1.29, 1.82) is 0 Å². The molecule has 1 aromatic heterocycles. The van der Waals surface area contributed by atoms with Gasteiger partial charge in [0.1, 0.15) is 0 Å². The normalized spacial score (nSPS) is 10.2. The first-order chi connectivity index (χ1) is 9.04. The number of thiophene rings is 1. The number of aryl methyl sites for hydroxylation is 1. The van der Waals surface area contributed by atoms with Gasteiger partial charge in [-0.1, -0.05) is 6.92 Å². The predicted molar refractivity (Wildman–Crippen MR) is 75.4 cm³/mol. The summed E-state index contributed by atoms with van der Waals surface area (Å²) in [5.74, 6) is -0.833. The summed E-state index contributed by atoms with van der Waals surface area (Å²) in [6.45, 7) is 3.07. The zero-order valence-electron chi connectivity index (χ0n) is 11.3. The molecule has 2 amide bonds. The minimum absolute atomic E-state index is 0.0858. The lowest BCUT2D eigenvalue weighted by atomic mass is 10.2. The van der Waals surface area contributed by atoms with Crippen LogP contribution in [-0.2, 0) is 17.8 Å². The molecule has 0 aliphatic heterocycles. The van der Waals surface area contributed by atoms with Gasteiger partial charge in [-0.05, 0) is 29.9 Å². The quantitative estimate of drug-likeness (QED) is 0.807. The third kappa shape index (κ3) is 5.30. The van der Waals surface area contributed by atoms with Crippen molar-refractivity contribution in [1.82, 2.24) is 10.2 Å². The molecule has 0 radical (unpaired) electrons. The molecule has 19 heavy (non-hydrogen) atoms. The van der Waals surface area contributed by atoms with Gasteiger partial charge in [-0.15, -0.1) is 11.3 Å². The summed E-state index contributed by atoms with van der Waals surface area (Å²) in [7, 11) is 1.67. The van der Waals surface area contributed by atoms with Gasteiger partial charge >= 0.3 is 12.0 Å². The minimum Gasteiger partial charge on any atom is -0.481 e. The zero-order chi connectivity index (χ0) is 14.3. The van der Waals surface area contributed by atoms with Crippen LogP contribution in [0, 0.1) is 0 Å². The molecule has 5 nitrogen and oxygen atoms in total. The lowest BCUT2D eigenvalue weighted by molar-refractivity contribution is -0.137. The Morgan fingerprint density at radius 1 is 1.47 bits per heavy atom. The molecule has 0 atom stereocenters. The molecule has 0 aromatic carbocycles. The second kappa shape index (κ2) is 7.78. The largest absolute Gasteiger partial charge is 0.481 e. The van der Waals surface area contributed by atoms with E-state index in [1.807, 2.05) is 5.38 Å². The molecule has 0 aliphatic rings. The predicted octanol–water partition coefficient (Wildman–Crippen LogP) is 2.32. The Bertz CT molecular complexity index is 431. The maximum absolute atomic E-state index is 11.8. The Morgan fingerprint density at radius 3 is 2.84 bits per heavy atom. The summed E-state index contributed by atoms with van der Waals surface area (Å²) in [5, 5.41) is 13.4. The maximum Gasteiger partial charge on any atom is 0.317 e. The average molecular weight is 284 g/mol. The van der Waals surface area contributed by atoms with Crippen molar-refractivity contribution in [3.05, 3.63) is 21.9 Å². The molecule has 0 saturated carbocycles. The molecule has 0 saturated heterocycles. The van der Waals surface area contributed by atoms with Crippen molar-refractivity contribution in [2.75, 3.05) is 13.6 Å². The fraction of sp³-hybridized carbons (Fsp3) is 0.538. The monoisotopic (exact) mass is 284 g/mol. The molecular weight excluding hydrogens is 264 g/mol. The highest BCUT2D eigenvalue weighted by Crippen LogP contribution is 2.16. The van der Waals surface area contributed by atoms with Crippen LogP contribution < -0.4 is 5.32 Å². The van der Waals surface area contributed by atoms with E-state index >= 15 is 0 Å². The Hall–Kier alpha value is -1.56. The minimum atomic E-state index is -0.833. The number of hydrogen-bond acceptors (Lipinski definition) is 3. The second-order valence-electron chi connectivity index (χ2n) is 4.30. The first-order valence-corrected chi connectivity index (χ1v) is 7.18. The Morgan fingerprint density at radius 2 is 2.21 bits per heavy atom. The molecule has 0 aliphatic carbocycles. The summed E-state index contributed by atoms with van der Waals surface area (Å²) in [6.07, 6.45) is 1.52. The SMILES string of the molecule is CCc1ccsc1CNC(=O)N(C)CCCC(=O)O. The molecule has 0 unspecified atom stereocenters. The van der Waals surface area contributed by atoms with Gasteiger partial charge in [0, 0.05) is 24.9 Å². The highest BCUT2D eigenvalue weighted by atomic mass is 32.1. The number of carbonyl (C=O) groups excluding carboxylic acids is 1. The van der Waals surface area contributed by atoms with Crippen LogP contribution >= 0.6 is 11.3 Å². The maximum atomic E-state index is 11.8. The molecule has 0 spiro atoms. The van der Waals surface area contributed by atoms with Crippen molar-refractivity contribution in [2.24, 2.45) is 0 Å². The van der Waals surface area contributed by atoms with Gasteiger partial charge in [0.25, 0.3) is 0 Å². The lowest BCUT2D eigenvalue weighted by Gasteiger charge is -2.17. The average Bonchev–Trinajstić information content (AvgIpc) is 2.82. The molecule has 1 heterocycles. The van der Waals surface area contributed by atoms with Gasteiger partial charge in [-0.2, -0.15) is 0 Å². The van der Waals surface area contributed by atoms with Crippen LogP contribution in [0.25, 0.3) is 0 Å². The first kappa shape index (κ1) is 15.5. The van der Waals surface area contributed by atoms with Crippen molar-refractivity contribution in [3.8, 4) is 0 Å². The van der Waals surface area contributed by atoms with E-state index in [1.54, 1.807) is 18.4 Å². The standard InChI is InChI=1S/C13H20N2O3S/c1-3-10-6-8-19-11(10)9-14-13(18)15(2)7-4-5-12(16)17/h6,8H,3-5,7,9H2,1-2H3,(H,14,18)(H,16,17). The first-order valence-electron chi connectivity index (χ1n) is 6.30. The highest BCUT2D eigenvalue weighted by molar-refractivity contribution is 7.10. The van der Waals surface area contributed by atoms with Crippen LogP contribution in [0.2, 0.25) is 0 Å². The van der Waals surface area contributed by atoms with E-state index in [9.17, 15) is 9.59 Å². The van der Waals surface area contributed by atoms with Crippen LogP contribution in [0.3, 0.4) is 0 Å². The van der Waals surface area contributed by atoms with E-state index in [0.717, 1.165) is 6.42 Å². The molecule has 0 fully saturated rings. The fourth-order valence-electron chi connectivity index (χ4n) is 1.70. The number of carboxylic acids is 1. The van der Waals surface area contributed by atoms with Crippen LogP contribution in [0.1, 0.15) is 30.2 Å². The number of amides is 2. The lowest BCUT2D eigenvalue weighted by Crippen LogP contribution is -2.37. The molecule has 6 heteroatoms. The number of rotatable bonds is 7. The van der Waals surface area contributed by atoms with Gasteiger partial charge in [0.2, 0.25) is 0 Å². The van der Waals surface area contributed by atoms with Crippen molar-refractivity contribution < 1.29 is 14.7 Å². The summed E-state index contributed by atoms with van der Waals surface area (Å²) >= 11 is 1.64. The number of aliphatic carboxylic acids is 1. The van der Waals surface area contributed by atoms with E-state index in [0.29, 0.717) is 19.5 Å². The van der Waals surface area contributed by atoms with E-state index in [1.165, 1.54) is 15.3 Å². The molecular formula is C13H20N2O3S. The highest BCUT2D eigenvalue weighted by Gasteiger charge is 2.10. The summed E-state index contributed by atoms with van der Waals surface area (Å²) in [6, 6.07) is 1.91. The van der Waals surface area contributed by atoms with E-state index < -0.39 is 5.97 Å². The van der Waals surface area contributed by atoms with Gasteiger partial charge < -0.3 is 15.3 Å². The van der Waals surface area contributed by atoms with Gasteiger partial charge in [-0.25, -0.2) is 4.79 Å². The Kier molecular flexibility index (Phi) is 6.35. The summed E-state index contributed by atoms with van der Waals surface area (Å²) in [4.78, 5) is 24.9. The van der Waals surface area contributed by atoms with E-state index in [-0.39, 0.29) is 12.5 Å². The second-order valence-corrected chi connectivity index (χ2v) is 5.30. The number of urea groups is 1. The van der Waals surface area contributed by atoms with Crippen molar-refractivity contribution in [3.63, 3.8) is 0 Å². The molecule has 0 bridgehead atoms. The number of carboxylic acid groups (broad SMARTS) is 1. The van der Waals surface area contributed by atoms with Crippen LogP contribution in [-0.4, -0.2) is 35.6 Å². The fourth-order valence-corrected chi connectivity index (χ4v) is 2.61. The number of nitrogens with zero attached hydrogens (tertiary/aromatic N) is 1. The Labute approximate surface area is 117 Å². The van der Waals surface area contributed by atoms with Crippen molar-refractivity contribution in [2.45, 2.75) is 32.7 Å². The van der Waals surface area contributed by atoms with E-state index in [2.05, 4.69) is 18.3 Å². The van der Waals surface area contributed by atoms with Gasteiger partial charge in [0.15, 0.2) is 0 Å². The smallest absolute Gasteiger partial charge is 0.317 e. The molecule has 1 rings (SSSR count). The number of hydrogen-bond donors (Lipinski definition) is 2. The Balaban J connectivity index is 2.32. The molecule has 1 aromatic rings. The van der Waals surface area contributed by atoms with Crippen molar-refractivity contribution >= 4 is 23.3 Å². The van der Waals surface area contributed by atoms with E-state index in [4.69, 9.17) is 5.11 Å². The molecule has 2 N–H and O–H groups in total. The number of carbonyl (C=O) groups is 2. The van der Waals surface area contributed by atoms with Gasteiger partial charge in [0.05, 0.1) is 6.54 Å². The molecule has 106 valence electrons.